The number of unbranched alkanes of at least 4 members (excludes halogenated alkanes) is 2. The molecule has 0 saturated carbocycles. The van der Waals surface area contributed by atoms with E-state index >= 15 is 0 Å². The van der Waals surface area contributed by atoms with Crippen LogP contribution in [0.15, 0.2) is 0 Å². The molecule has 138 valence electrons. The van der Waals surface area contributed by atoms with Crippen molar-refractivity contribution in [1.29, 1.82) is 0 Å². The summed E-state index contributed by atoms with van der Waals surface area (Å²) in [5.41, 5.74) is 0. The summed E-state index contributed by atoms with van der Waals surface area (Å²) in [4.78, 5) is 11.3. The van der Waals surface area contributed by atoms with Gasteiger partial charge in [0.1, 0.15) is 6.61 Å². The summed E-state index contributed by atoms with van der Waals surface area (Å²) < 4.78 is 26.1. The van der Waals surface area contributed by atoms with E-state index in [9.17, 15) is 4.79 Å². The number of rotatable bonds is 18. The van der Waals surface area contributed by atoms with Crippen LogP contribution in [0.3, 0.4) is 0 Å². The van der Waals surface area contributed by atoms with Crippen LogP contribution in [-0.2, 0) is 28.5 Å². The first kappa shape index (κ1) is 22.6. The molecule has 0 unspecified atom stereocenters. The largest absolute Gasteiger partial charge is 0.463 e. The third-order valence-electron chi connectivity index (χ3n) is 2.81. The van der Waals surface area contributed by atoms with Gasteiger partial charge in [-0.05, 0) is 6.42 Å². The summed E-state index contributed by atoms with van der Waals surface area (Å²) in [5.74, 6) is 0.353. The lowest BCUT2D eigenvalue weighted by Crippen LogP contribution is -2.14. The molecule has 0 aromatic heterocycles. The molecule has 0 bridgehead atoms. The van der Waals surface area contributed by atoms with Crippen LogP contribution in [0, 0.1) is 0 Å². The minimum atomic E-state index is -0.148. The van der Waals surface area contributed by atoms with Crippen LogP contribution in [0.4, 0.5) is 0 Å². The van der Waals surface area contributed by atoms with E-state index in [0.717, 1.165) is 19.3 Å². The van der Waals surface area contributed by atoms with Crippen molar-refractivity contribution in [2.45, 2.75) is 32.6 Å². The van der Waals surface area contributed by atoms with Gasteiger partial charge in [0, 0.05) is 12.3 Å². The first-order valence-electron chi connectivity index (χ1n) is 8.33. The Labute approximate surface area is 144 Å². The van der Waals surface area contributed by atoms with Gasteiger partial charge < -0.3 is 23.7 Å². The zero-order chi connectivity index (χ0) is 17.0. The van der Waals surface area contributed by atoms with Crippen molar-refractivity contribution in [3.05, 3.63) is 0 Å². The lowest BCUT2D eigenvalue weighted by Gasteiger charge is -2.07. The number of carbonyl (C=O) groups excluding carboxylic acids is 1. The van der Waals surface area contributed by atoms with Crippen LogP contribution in [0.5, 0.6) is 0 Å². The first-order chi connectivity index (χ1) is 11.3. The summed E-state index contributed by atoms with van der Waals surface area (Å²) >= 11 is 5.46. The highest BCUT2D eigenvalue weighted by atomic mass is 35.5. The Bertz CT molecular complexity index is 253. The van der Waals surface area contributed by atoms with E-state index in [1.807, 2.05) is 0 Å². The quantitative estimate of drug-likeness (QED) is 0.214. The number of hydrogen-bond donors (Lipinski definition) is 0. The van der Waals surface area contributed by atoms with E-state index in [0.29, 0.717) is 71.8 Å². The molecular formula is C16H31ClO6. The van der Waals surface area contributed by atoms with Gasteiger partial charge in [-0.3, -0.25) is 4.79 Å². The lowest BCUT2D eigenvalue weighted by atomic mass is 10.2. The summed E-state index contributed by atoms with van der Waals surface area (Å²) in [5, 5.41) is 0. The van der Waals surface area contributed by atoms with Gasteiger partial charge in [0.15, 0.2) is 0 Å². The predicted molar refractivity (Wildman–Crippen MR) is 89.1 cm³/mol. The second-order valence-corrected chi connectivity index (χ2v) is 5.19. The van der Waals surface area contributed by atoms with Gasteiger partial charge in [0.25, 0.3) is 0 Å². The van der Waals surface area contributed by atoms with Gasteiger partial charge in [-0.25, -0.2) is 0 Å². The van der Waals surface area contributed by atoms with Gasteiger partial charge in [-0.2, -0.15) is 0 Å². The molecule has 0 aliphatic rings. The SMILES string of the molecule is CCCCCC(=O)OCCOCCOCCOCCOCCCl. The van der Waals surface area contributed by atoms with Gasteiger partial charge in [0.2, 0.25) is 0 Å². The number of ether oxygens (including phenoxy) is 5. The molecule has 7 heteroatoms. The molecule has 0 atom stereocenters. The number of alkyl halides is 1. The molecule has 0 aromatic carbocycles. The molecule has 0 aliphatic heterocycles. The maximum Gasteiger partial charge on any atom is 0.305 e. The fourth-order valence-corrected chi connectivity index (χ4v) is 1.73. The Hall–Kier alpha value is -0.400. The van der Waals surface area contributed by atoms with Crippen LogP contribution in [0.2, 0.25) is 0 Å². The van der Waals surface area contributed by atoms with Crippen molar-refractivity contribution in [3.63, 3.8) is 0 Å². The van der Waals surface area contributed by atoms with Crippen LogP contribution in [-0.4, -0.2) is 71.3 Å². The Morgan fingerprint density at radius 1 is 0.739 bits per heavy atom. The van der Waals surface area contributed by atoms with Gasteiger partial charge >= 0.3 is 5.97 Å². The number of halogens is 1. The van der Waals surface area contributed by atoms with E-state index < -0.39 is 0 Å². The lowest BCUT2D eigenvalue weighted by molar-refractivity contribution is -0.145. The Morgan fingerprint density at radius 3 is 1.70 bits per heavy atom. The minimum Gasteiger partial charge on any atom is -0.463 e. The van der Waals surface area contributed by atoms with E-state index in [-0.39, 0.29) is 5.97 Å². The number of esters is 1. The second kappa shape index (κ2) is 19.6. The fraction of sp³-hybridized carbons (Fsp3) is 0.938. The van der Waals surface area contributed by atoms with Crippen LogP contribution in [0.25, 0.3) is 0 Å². The normalized spacial score (nSPS) is 10.9. The van der Waals surface area contributed by atoms with Gasteiger partial charge in [-0.1, -0.05) is 19.8 Å². The molecule has 0 amide bonds. The minimum absolute atomic E-state index is 0.148. The van der Waals surface area contributed by atoms with E-state index in [2.05, 4.69) is 6.92 Å². The molecule has 0 rings (SSSR count). The van der Waals surface area contributed by atoms with Crippen LogP contribution >= 0.6 is 11.6 Å². The van der Waals surface area contributed by atoms with Crippen LogP contribution < -0.4 is 0 Å². The fourth-order valence-electron chi connectivity index (χ4n) is 1.62. The van der Waals surface area contributed by atoms with Crippen molar-refractivity contribution in [2.24, 2.45) is 0 Å². The van der Waals surface area contributed by atoms with E-state index in [4.69, 9.17) is 35.3 Å². The maximum absolute atomic E-state index is 11.3. The summed E-state index contributed by atoms with van der Waals surface area (Å²) in [6.07, 6.45) is 3.55. The smallest absolute Gasteiger partial charge is 0.305 e. The third-order valence-corrected chi connectivity index (χ3v) is 2.97. The van der Waals surface area contributed by atoms with Crippen molar-refractivity contribution in [1.82, 2.24) is 0 Å². The molecular weight excluding hydrogens is 324 g/mol. The summed E-state index contributed by atoms with van der Waals surface area (Å²) in [6, 6.07) is 0. The molecule has 0 aromatic rings. The molecule has 0 radical (unpaired) electrons. The molecule has 0 aliphatic carbocycles. The molecule has 0 N–H and O–H groups in total. The van der Waals surface area contributed by atoms with Gasteiger partial charge in [-0.15, -0.1) is 11.6 Å². The Balaban J connectivity index is 3.06. The average Bonchev–Trinajstić information content (AvgIpc) is 2.55. The highest BCUT2D eigenvalue weighted by Gasteiger charge is 2.01. The highest BCUT2D eigenvalue weighted by molar-refractivity contribution is 6.17. The highest BCUT2D eigenvalue weighted by Crippen LogP contribution is 2.00. The van der Waals surface area contributed by atoms with E-state index in [1.165, 1.54) is 0 Å². The molecule has 0 saturated heterocycles. The molecule has 0 heterocycles. The molecule has 0 fully saturated rings. The molecule has 6 nitrogen and oxygen atoms in total. The topological polar surface area (TPSA) is 63.2 Å². The Kier molecular flexibility index (Phi) is 19.3. The zero-order valence-electron chi connectivity index (χ0n) is 14.2. The standard InChI is InChI=1S/C16H31ClO6/c1-2-3-4-5-16(18)23-15-14-22-13-12-21-11-10-20-9-8-19-7-6-17/h2-15H2,1H3. The third kappa shape index (κ3) is 19.6. The Morgan fingerprint density at radius 2 is 1.22 bits per heavy atom. The first-order valence-corrected chi connectivity index (χ1v) is 8.87. The van der Waals surface area contributed by atoms with Gasteiger partial charge in [0.05, 0.1) is 52.9 Å². The summed E-state index contributed by atoms with van der Waals surface area (Å²) in [6.45, 7) is 6.46. The molecule has 0 spiro atoms. The van der Waals surface area contributed by atoms with Crippen molar-refractivity contribution < 1.29 is 28.5 Å². The van der Waals surface area contributed by atoms with Crippen molar-refractivity contribution in [3.8, 4) is 0 Å². The number of carbonyl (C=O) groups is 1. The van der Waals surface area contributed by atoms with Crippen LogP contribution in [0.1, 0.15) is 32.6 Å². The summed E-state index contributed by atoms with van der Waals surface area (Å²) in [7, 11) is 0. The molecule has 23 heavy (non-hydrogen) atoms. The van der Waals surface area contributed by atoms with Crippen molar-refractivity contribution >= 4 is 17.6 Å². The van der Waals surface area contributed by atoms with E-state index in [1.54, 1.807) is 0 Å². The van der Waals surface area contributed by atoms with Crippen molar-refractivity contribution in [2.75, 3.05) is 65.3 Å². The zero-order valence-corrected chi connectivity index (χ0v) is 15.0. The average molecular weight is 355 g/mol. The predicted octanol–water partition coefficient (Wildman–Crippen LogP) is 2.42. The number of hydrogen-bond acceptors (Lipinski definition) is 6. The monoisotopic (exact) mass is 354 g/mol. The second-order valence-electron chi connectivity index (χ2n) is 4.82. The maximum atomic E-state index is 11.3.